The summed E-state index contributed by atoms with van der Waals surface area (Å²) < 4.78 is 6.23. The first-order valence-corrected chi connectivity index (χ1v) is 13.7. The SMILES string of the molecule is CC(=O)NOC1(C)CCC(C(C)C)CC1c1cccc(-c2[nH]ncc2-c2nc3cc4ccccc4cc3o2)c1. The van der Waals surface area contributed by atoms with Gasteiger partial charge in [-0.25, -0.2) is 10.5 Å². The van der Waals surface area contributed by atoms with Gasteiger partial charge in [0.1, 0.15) is 11.1 Å². The van der Waals surface area contributed by atoms with E-state index >= 15 is 0 Å². The van der Waals surface area contributed by atoms with Gasteiger partial charge in [0, 0.05) is 18.4 Å². The summed E-state index contributed by atoms with van der Waals surface area (Å²) in [6.07, 6.45) is 4.70. The molecule has 1 amide bonds. The predicted molar refractivity (Wildman–Crippen MR) is 153 cm³/mol. The van der Waals surface area contributed by atoms with Crippen molar-refractivity contribution in [1.82, 2.24) is 20.7 Å². The lowest BCUT2D eigenvalue weighted by atomic mass is 9.66. The zero-order valence-corrected chi connectivity index (χ0v) is 22.8. The van der Waals surface area contributed by atoms with Crippen LogP contribution >= 0.6 is 0 Å². The summed E-state index contributed by atoms with van der Waals surface area (Å²) in [5.41, 5.74) is 7.53. The summed E-state index contributed by atoms with van der Waals surface area (Å²) in [7, 11) is 0. The molecule has 0 aliphatic heterocycles. The Morgan fingerprint density at radius 2 is 1.92 bits per heavy atom. The highest BCUT2D eigenvalue weighted by Gasteiger charge is 2.43. The number of nitrogens with zero attached hydrogens (tertiary/aromatic N) is 2. The smallest absolute Gasteiger partial charge is 0.240 e. The van der Waals surface area contributed by atoms with Crippen molar-refractivity contribution in [3.8, 4) is 22.7 Å². The normalized spacial score (nSPS) is 21.6. The van der Waals surface area contributed by atoms with Gasteiger partial charge in [0.25, 0.3) is 0 Å². The Balaban J connectivity index is 1.37. The van der Waals surface area contributed by atoms with Crippen LogP contribution in [0.15, 0.2) is 71.3 Å². The van der Waals surface area contributed by atoms with E-state index in [2.05, 4.69) is 78.9 Å². The van der Waals surface area contributed by atoms with E-state index in [1.807, 2.05) is 18.2 Å². The number of aromatic amines is 1. The largest absolute Gasteiger partial charge is 0.436 e. The fraction of sp³-hybridized carbons (Fsp3) is 0.344. The number of amides is 1. The van der Waals surface area contributed by atoms with Crippen LogP contribution in [0.4, 0.5) is 0 Å². The van der Waals surface area contributed by atoms with Gasteiger partial charge in [0.2, 0.25) is 11.8 Å². The maximum Gasteiger partial charge on any atom is 0.240 e. The van der Waals surface area contributed by atoms with Crippen LogP contribution in [-0.2, 0) is 9.63 Å². The first-order valence-electron chi connectivity index (χ1n) is 13.7. The molecule has 7 heteroatoms. The number of hydrogen-bond donors (Lipinski definition) is 2. The fourth-order valence-corrected chi connectivity index (χ4v) is 6.03. The van der Waals surface area contributed by atoms with Crippen molar-refractivity contribution in [2.75, 3.05) is 0 Å². The van der Waals surface area contributed by atoms with Crippen LogP contribution in [-0.4, -0.2) is 26.7 Å². The van der Waals surface area contributed by atoms with E-state index in [1.54, 1.807) is 6.20 Å². The third kappa shape index (κ3) is 4.83. The van der Waals surface area contributed by atoms with Crippen LogP contribution in [0.2, 0.25) is 0 Å². The van der Waals surface area contributed by atoms with Gasteiger partial charge in [-0.2, -0.15) is 5.10 Å². The standard InChI is InChI=1S/C32H34N4O3/c1-19(2)21-12-13-32(4,39-36-20(3)37)27(15-21)24-10-7-11-25(14-24)30-26(18-33-35-30)31-34-28-16-22-8-5-6-9-23(22)17-29(28)38-31/h5-11,14,16-19,21,27H,12-13,15H2,1-4H3,(H,33,35)(H,36,37). The summed E-state index contributed by atoms with van der Waals surface area (Å²) in [4.78, 5) is 22.6. The second-order valence-corrected chi connectivity index (χ2v) is 11.4. The van der Waals surface area contributed by atoms with Gasteiger partial charge in [0.15, 0.2) is 5.58 Å². The molecule has 39 heavy (non-hydrogen) atoms. The minimum absolute atomic E-state index is 0.119. The van der Waals surface area contributed by atoms with Gasteiger partial charge < -0.3 is 4.42 Å². The molecule has 0 radical (unpaired) electrons. The number of hydroxylamine groups is 1. The number of nitrogens with one attached hydrogen (secondary N) is 2. The molecule has 5 aromatic rings. The average molecular weight is 523 g/mol. The van der Waals surface area contributed by atoms with Crippen molar-refractivity contribution < 1.29 is 14.0 Å². The van der Waals surface area contributed by atoms with E-state index in [4.69, 9.17) is 14.2 Å². The number of carbonyl (C=O) groups is 1. The minimum Gasteiger partial charge on any atom is -0.436 e. The van der Waals surface area contributed by atoms with Crippen molar-refractivity contribution in [2.24, 2.45) is 11.8 Å². The molecule has 0 bridgehead atoms. The fourth-order valence-electron chi connectivity index (χ4n) is 6.03. The molecule has 3 aromatic carbocycles. The first-order chi connectivity index (χ1) is 18.8. The third-order valence-corrected chi connectivity index (χ3v) is 8.36. The Labute approximate surface area is 227 Å². The molecule has 1 fully saturated rings. The van der Waals surface area contributed by atoms with Crippen LogP contribution < -0.4 is 5.48 Å². The van der Waals surface area contributed by atoms with E-state index in [-0.39, 0.29) is 11.8 Å². The highest BCUT2D eigenvalue weighted by atomic mass is 16.7. The lowest BCUT2D eigenvalue weighted by Gasteiger charge is -2.45. The third-order valence-electron chi connectivity index (χ3n) is 8.36. The van der Waals surface area contributed by atoms with Crippen LogP contribution in [0.3, 0.4) is 0 Å². The molecule has 1 aliphatic rings. The number of aromatic nitrogens is 3. The molecule has 3 atom stereocenters. The number of fused-ring (bicyclic) bond motifs is 2. The van der Waals surface area contributed by atoms with Crippen molar-refractivity contribution >= 4 is 27.8 Å². The maximum absolute atomic E-state index is 11.7. The molecule has 2 N–H and O–H groups in total. The number of rotatable bonds is 6. The van der Waals surface area contributed by atoms with Gasteiger partial charge in [0.05, 0.1) is 17.5 Å². The lowest BCUT2D eigenvalue weighted by molar-refractivity contribution is -0.160. The topological polar surface area (TPSA) is 93.0 Å². The summed E-state index contributed by atoms with van der Waals surface area (Å²) in [6, 6.07) is 20.8. The van der Waals surface area contributed by atoms with Gasteiger partial charge >= 0.3 is 0 Å². The monoisotopic (exact) mass is 522 g/mol. The zero-order chi connectivity index (χ0) is 27.1. The average Bonchev–Trinajstić information content (AvgIpc) is 3.58. The van der Waals surface area contributed by atoms with E-state index < -0.39 is 5.60 Å². The molecular formula is C32H34N4O3. The first kappa shape index (κ1) is 25.3. The van der Waals surface area contributed by atoms with Gasteiger partial charge in [-0.15, -0.1) is 0 Å². The Morgan fingerprint density at radius 3 is 2.69 bits per heavy atom. The summed E-state index contributed by atoms with van der Waals surface area (Å²) in [5.74, 6) is 1.63. The van der Waals surface area contributed by atoms with Crippen molar-refractivity contribution in [2.45, 2.75) is 58.5 Å². The number of carbonyl (C=O) groups excluding carboxylic acids is 1. The highest BCUT2D eigenvalue weighted by Crippen LogP contribution is 2.48. The molecule has 200 valence electrons. The van der Waals surface area contributed by atoms with Gasteiger partial charge in [-0.3, -0.25) is 14.7 Å². The van der Waals surface area contributed by atoms with Crippen molar-refractivity contribution in [3.05, 3.63) is 72.4 Å². The van der Waals surface area contributed by atoms with Gasteiger partial charge in [-0.1, -0.05) is 56.3 Å². The Kier molecular flexibility index (Phi) is 6.47. The Bertz CT molecular complexity index is 1600. The molecule has 2 aromatic heterocycles. The minimum atomic E-state index is -0.505. The second kappa shape index (κ2) is 9.97. The van der Waals surface area contributed by atoms with Crippen LogP contribution in [0.25, 0.3) is 44.6 Å². The van der Waals surface area contributed by atoms with Crippen LogP contribution in [0.5, 0.6) is 0 Å². The number of hydrogen-bond acceptors (Lipinski definition) is 5. The zero-order valence-electron chi connectivity index (χ0n) is 22.8. The number of oxazole rings is 1. The summed E-state index contributed by atoms with van der Waals surface area (Å²) in [6.45, 7) is 8.17. The van der Waals surface area contributed by atoms with E-state index in [0.717, 1.165) is 58.0 Å². The lowest BCUT2D eigenvalue weighted by Crippen LogP contribution is -2.46. The quantitative estimate of drug-likeness (QED) is 0.227. The molecule has 1 saturated carbocycles. The van der Waals surface area contributed by atoms with E-state index in [0.29, 0.717) is 17.7 Å². The molecule has 1 aliphatic carbocycles. The molecule has 6 rings (SSSR count). The molecule has 2 heterocycles. The second-order valence-electron chi connectivity index (χ2n) is 11.4. The predicted octanol–water partition coefficient (Wildman–Crippen LogP) is 7.40. The Morgan fingerprint density at radius 1 is 1.13 bits per heavy atom. The summed E-state index contributed by atoms with van der Waals surface area (Å²) in [5, 5.41) is 9.78. The van der Waals surface area contributed by atoms with Crippen molar-refractivity contribution in [1.29, 1.82) is 0 Å². The molecule has 0 spiro atoms. The van der Waals surface area contributed by atoms with E-state index in [1.165, 1.54) is 12.5 Å². The van der Waals surface area contributed by atoms with E-state index in [9.17, 15) is 4.79 Å². The number of benzene rings is 3. The maximum atomic E-state index is 11.7. The molecule has 3 unspecified atom stereocenters. The van der Waals surface area contributed by atoms with Crippen LogP contribution in [0.1, 0.15) is 58.4 Å². The highest BCUT2D eigenvalue weighted by molar-refractivity contribution is 5.95. The summed E-state index contributed by atoms with van der Waals surface area (Å²) >= 11 is 0. The number of H-pyrrole nitrogens is 1. The molecule has 7 nitrogen and oxygen atoms in total. The van der Waals surface area contributed by atoms with Crippen LogP contribution in [0, 0.1) is 11.8 Å². The van der Waals surface area contributed by atoms with Crippen molar-refractivity contribution in [3.63, 3.8) is 0 Å². The Hall–Kier alpha value is -3.97. The van der Waals surface area contributed by atoms with Gasteiger partial charge in [-0.05, 0) is 72.6 Å². The molecular weight excluding hydrogens is 488 g/mol. The molecule has 0 saturated heterocycles.